The molecule has 0 spiro atoms. The van der Waals surface area contributed by atoms with Gasteiger partial charge in [0, 0.05) is 10.9 Å². The van der Waals surface area contributed by atoms with Crippen LogP contribution in [0.1, 0.15) is 16.8 Å². The van der Waals surface area contributed by atoms with Crippen LogP contribution >= 0.6 is 11.3 Å². The fourth-order valence-electron chi connectivity index (χ4n) is 1.58. The molecule has 0 fully saturated rings. The third kappa shape index (κ3) is 4.77. The number of benzene rings is 1. The number of ether oxygens (including phenoxy) is 1. The number of hydrogen-bond donors (Lipinski definition) is 1. The first kappa shape index (κ1) is 15.3. The SMILES string of the molecule is C=CCOCc1ccc(C=NNc2nc(C)cs2)cc1F. The van der Waals surface area contributed by atoms with E-state index in [-0.39, 0.29) is 12.4 Å². The number of nitrogens with one attached hydrogen (secondary N) is 1. The van der Waals surface area contributed by atoms with E-state index in [0.717, 1.165) is 5.69 Å². The number of hydrogen-bond acceptors (Lipinski definition) is 5. The summed E-state index contributed by atoms with van der Waals surface area (Å²) in [5, 5.41) is 6.67. The molecule has 2 rings (SSSR count). The summed E-state index contributed by atoms with van der Waals surface area (Å²) in [6.45, 7) is 6.08. The Balaban J connectivity index is 1.94. The van der Waals surface area contributed by atoms with Gasteiger partial charge in [-0.15, -0.1) is 17.9 Å². The minimum atomic E-state index is -0.312. The summed E-state index contributed by atoms with van der Waals surface area (Å²) >= 11 is 1.47. The fourth-order valence-corrected chi connectivity index (χ4v) is 2.22. The Morgan fingerprint density at radius 2 is 2.38 bits per heavy atom. The zero-order valence-electron chi connectivity index (χ0n) is 11.7. The van der Waals surface area contributed by atoms with Gasteiger partial charge in [-0.05, 0) is 18.6 Å². The lowest BCUT2D eigenvalue weighted by molar-refractivity contribution is 0.146. The van der Waals surface area contributed by atoms with Crippen LogP contribution in [0.15, 0.2) is 41.3 Å². The first-order valence-electron chi connectivity index (χ1n) is 6.37. The summed E-state index contributed by atoms with van der Waals surface area (Å²) in [5.74, 6) is -0.312. The average molecular weight is 305 g/mol. The van der Waals surface area contributed by atoms with Crippen LogP contribution in [0.25, 0.3) is 0 Å². The smallest absolute Gasteiger partial charge is 0.203 e. The Kier molecular flexibility index (Phi) is 5.59. The van der Waals surface area contributed by atoms with Gasteiger partial charge in [-0.2, -0.15) is 5.10 Å². The molecule has 110 valence electrons. The van der Waals surface area contributed by atoms with Gasteiger partial charge in [0.25, 0.3) is 0 Å². The molecule has 4 nitrogen and oxygen atoms in total. The predicted octanol–water partition coefficient (Wildman–Crippen LogP) is 3.74. The maximum atomic E-state index is 13.8. The monoisotopic (exact) mass is 305 g/mol. The third-order valence-corrected chi connectivity index (χ3v) is 3.43. The van der Waals surface area contributed by atoms with Crippen LogP contribution in [-0.4, -0.2) is 17.8 Å². The molecule has 0 saturated heterocycles. The van der Waals surface area contributed by atoms with Crippen LogP contribution in [0.4, 0.5) is 9.52 Å². The van der Waals surface area contributed by atoms with Crippen molar-refractivity contribution in [1.82, 2.24) is 4.98 Å². The average Bonchev–Trinajstić information content (AvgIpc) is 2.87. The Hall–Kier alpha value is -2.05. The van der Waals surface area contributed by atoms with E-state index in [4.69, 9.17) is 4.74 Å². The van der Waals surface area contributed by atoms with Gasteiger partial charge in [-0.3, -0.25) is 5.43 Å². The van der Waals surface area contributed by atoms with Crippen molar-refractivity contribution < 1.29 is 9.13 Å². The fraction of sp³-hybridized carbons (Fsp3) is 0.200. The Bertz CT molecular complexity index is 640. The zero-order chi connectivity index (χ0) is 15.1. The Labute approximate surface area is 127 Å². The van der Waals surface area contributed by atoms with Gasteiger partial charge in [-0.1, -0.05) is 18.2 Å². The maximum Gasteiger partial charge on any atom is 0.203 e. The van der Waals surface area contributed by atoms with Crippen molar-refractivity contribution in [2.75, 3.05) is 12.0 Å². The summed E-state index contributed by atoms with van der Waals surface area (Å²) in [6, 6.07) is 4.90. The molecule has 0 aliphatic carbocycles. The van der Waals surface area contributed by atoms with Crippen molar-refractivity contribution in [3.05, 3.63) is 58.9 Å². The van der Waals surface area contributed by atoms with Crippen molar-refractivity contribution in [1.29, 1.82) is 0 Å². The van der Waals surface area contributed by atoms with E-state index in [1.165, 1.54) is 17.4 Å². The molecule has 0 aliphatic rings. The molecule has 21 heavy (non-hydrogen) atoms. The number of anilines is 1. The molecule has 6 heteroatoms. The Morgan fingerprint density at radius 1 is 1.52 bits per heavy atom. The van der Waals surface area contributed by atoms with Crippen LogP contribution in [-0.2, 0) is 11.3 Å². The van der Waals surface area contributed by atoms with Crippen LogP contribution in [0.3, 0.4) is 0 Å². The highest BCUT2D eigenvalue weighted by atomic mass is 32.1. The highest BCUT2D eigenvalue weighted by Gasteiger charge is 2.02. The van der Waals surface area contributed by atoms with Crippen molar-refractivity contribution in [3.8, 4) is 0 Å². The number of rotatable bonds is 7. The molecule has 0 radical (unpaired) electrons. The molecule has 1 aromatic heterocycles. The summed E-state index contributed by atoms with van der Waals surface area (Å²) in [4.78, 5) is 4.21. The first-order valence-corrected chi connectivity index (χ1v) is 7.25. The molecule has 0 bridgehead atoms. The second kappa shape index (κ2) is 7.66. The molecule has 0 aliphatic heterocycles. The van der Waals surface area contributed by atoms with Crippen molar-refractivity contribution in [2.45, 2.75) is 13.5 Å². The van der Waals surface area contributed by atoms with Gasteiger partial charge in [0.1, 0.15) is 5.82 Å². The third-order valence-electron chi connectivity index (χ3n) is 2.56. The molecule has 0 unspecified atom stereocenters. The first-order chi connectivity index (χ1) is 10.2. The standard InChI is InChI=1S/C15H16FN3OS/c1-3-6-20-9-13-5-4-12(7-14(13)16)8-17-19-15-18-11(2)10-21-15/h3-5,7-8,10H,1,6,9H2,2H3,(H,18,19). The van der Waals surface area contributed by atoms with Gasteiger partial charge < -0.3 is 4.74 Å². The van der Waals surface area contributed by atoms with E-state index >= 15 is 0 Å². The Morgan fingerprint density at radius 3 is 3.05 bits per heavy atom. The molecule has 2 aromatic rings. The number of aromatic nitrogens is 1. The van der Waals surface area contributed by atoms with Gasteiger partial charge in [0.15, 0.2) is 0 Å². The van der Waals surface area contributed by atoms with E-state index in [0.29, 0.717) is 22.9 Å². The van der Waals surface area contributed by atoms with E-state index in [1.807, 2.05) is 12.3 Å². The number of thiazole rings is 1. The molecule has 1 N–H and O–H groups in total. The van der Waals surface area contributed by atoms with Gasteiger partial charge in [0.2, 0.25) is 5.13 Å². The number of halogens is 1. The number of hydrazone groups is 1. The second-order valence-electron chi connectivity index (χ2n) is 4.32. The zero-order valence-corrected chi connectivity index (χ0v) is 12.5. The van der Waals surface area contributed by atoms with E-state index in [9.17, 15) is 4.39 Å². The van der Waals surface area contributed by atoms with Crippen molar-refractivity contribution >= 4 is 22.7 Å². The van der Waals surface area contributed by atoms with Crippen LogP contribution in [0.5, 0.6) is 0 Å². The summed E-state index contributed by atoms with van der Waals surface area (Å²) < 4.78 is 19.1. The lowest BCUT2D eigenvalue weighted by atomic mass is 10.1. The highest BCUT2D eigenvalue weighted by molar-refractivity contribution is 7.13. The molecular formula is C15H16FN3OS. The van der Waals surface area contributed by atoms with Crippen LogP contribution in [0.2, 0.25) is 0 Å². The topological polar surface area (TPSA) is 46.5 Å². The summed E-state index contributed by atoms with van der Waals surface area (Å²) in [7, 11) is 0. The van der Waals surface area contributed by atoms with Crippen LogP contribution in [0, 0.1) is 12.7 Å². The van der Waals surface area contributed by atoms with Gasteiger partial charge in [-0.25, -0.2) is 9.37 Å². The highest BCUT2D eigenvalue weighted by Crippen LogP contribution is 2.14. The number of nitrogens with zero attached hydrogens (tertiary/aromatic N) is 2. The molecule has 1 heterocycles. The van der Waals surface area contributed by atoms with E-state index < -0.39 is 0 Å². The lowest BCUT2D eigenvalue weighted by Crippen LogP contribution is -1.98. The van der Waals surface area contributed by atoms with Gasteiger partial charge in [0.05, 0.1) is 25.1 Å². The van der Waals surface area contributed by atoms with E-state index in [2.05, 4.69) is 22.1 Å². The van der Waals surface area contributed by atoms with Crippen LogP contribution < -0.4 is 5.43 Å². The minimum absolute atomic E-state index is 0.228. The molecule has 1 aromatic carbocycles. The summed E-state index contributed by atoms with van der Waals surface area (Å²) in [6.07, 6.45) is 3.18. The quantitative estimate of drug-likeness (QED) is 0.367. The predicted molar refractivity (Wildman–Crippen MR) is 84.3 cm³/mol. The van der Waals surface area contributed by atoms with Gasteiger partial charge >= 0.3 is 0 Å². The molecule has 0 amide bonds. The minimum Gasteiger partial charge on any atom is -0.373 e. The van der Waals surface area contributed by atoms with Crippen molar-refractivity contribution in [3.63, 3.8) is 0 Å². The number of aryl methyl sites for hydroxylation is 1. The normalized spacial score (nSPS) is 11.0. The van der Waals surface area contributed by atoms with E-state index in [1.54, 1.807) is 24.4 Å². The molecule has 0 atom stereocenters. The van der Waals surface area contributed by atoms with Crippen molar-refractivity contribution in [2.24, 2.45) is 5.10 Å². The summed E-state index contributed by atoms with van der Waals surface area (Å²) in [5.41, 5.74) is 4.93. The largest absolute Gasteiger partial charge is 0.373 e. The lowest BCUT2D eigenvalue weighted by Gasteiger charge is -2.04. The second-order valence-corrected chi connectivity index (χ2v) is 5.18. The molecular weight excluding hydrogens is 289 g/mol. The molecule has 0 saturated carbocycles. The maximum absolute atomic E-state index is 13.8.